The Morgan fingerprint density at radius 3 is 2.45 bits per heavy atom. The maximum absolute atomic E-state index is 13.0. The summed E-state index contributed by atoms with van der Waals surface area (Å²) in [5.41, 5.74) is 1.77. The van der Waals surface area contributed by atoms with Crippen LogP contribution in [0, 0.1) is 0 Å². The van der Waals surface area contributed by atoms with E-state index in [9.17, 15) is 14.4 Å². The van der Waals surface area contributed by atoms with Gasteiger partial charge in [-0.15, -0.1) is 0 Å². The molecule has 4 rings (SSSR count). The van der Waals surface area contributed by atoms with Crippen LogP contribution >= 0.6 is 23.2 Å². The van der Waals surface area contributed by atoms with E-state index in [-0.39, 0.29) is 11.3 Å². The van der Waals surface area contributed by atoms with Gasteiger partial charge in [-0.05, 0) is 54.5 Å². The normalized spacial score (nSPS) is 15.5. The largest absolute Gasteiger partial charge is 0.457 e. The number of furan rings is 1. The highest BCUT2D eigenvalue weighted by Gasteiger charge is 2.37. The van der Waals surface area contributed by atoms with E-state index >= 15 is 0 Å². The number of urea groups is 1. The molecule has 4 amide bonds. The molecular formula is C23H16Cl2N2O4. The SMILES string of the molecule is CCc1ccc(N2C(=O)NC(=O)/C(=C\c3ccc(-c4cccc(Cl)c4Cl)o3)C2=O)cc1. The molecule has 8 heteroatoms. The number of hydrogen-bond acceptors (Lipinski definition) is 4. The second-order valence-corrected chi connectivity index (χ2v) is 7.57. The maximum Gasteiger partial charge on any atom is 0.335 e. The first kappa shape index (κ1) is 20.9. The van der Waals surface area contributed by atoms with Crippen molar-refractivity contribution in [3.8, 4) is 11.3 Å². The van der Waals surface area contributed by atoms with Crippen molar-refractivity contribution in [1.29, 1.82) is 0 Å². The minimum atomic E-state index is -0.803. The highest BCUT2D eigenvalue weighted by molar-refractivity contribution is 6.43. The van der Waals surface area contributed by atoms with E-state index in [0.29, 0.717) is 27.1 Å². The number of imide groups is 2. The molecule has 1 aliphatic rings. The van der Waals surface area contributed by atoms with Gasteiger partial charge in [0.15, 0.2) is 0 Å². The Balaban J connectivity index is 1.67. The van der Waals surface area contributed by atoms with Crippen LogP contribution in [-0.2, 0) is 16.0 Å². The van der Waals surface area contributed by atoms with Crippen LogP contribution in [0.2, 0.25) is 10.0 Å². The number of barbiturate groups is 1. The van der Waals surface area contributed by atoms with E-state index in [1.54, 1.807) is 42.5 Å². The fourth-order valence-corrected chi connectivity index (χ4v) is 3.58. The summed E-state index contributed by atoms with van der Waals surface area (Å²) in [5.74, 6) is -0.863. The molecule has 156 valence electrons. The van der Waals surface area contributed by atoms with E-state index in [2.05, 4.69) is 5.32 Å². The van der Waals surface area contributed by atoms with Gasteiger partial charge in [0, 0.05) is 5.56 Å². The molecule has 1 aliphatic heterocycles. The maximum atomic E-state index is 13.0. The zero-order chi connectivity index (χ0) is 22.1. The molecule has 0 atom stereocenters. The monoisotopic (exact) mass is 454 g/mol. The summed E-state index contributed by atoms with van der Waals surface area (Å²) in [6.07, 6.45) is 2.11. The van der Waals surface area contributed by atoms with Gasteiger partial charge in [0.1, 0.15) is 17.1 Å². The van der Waals surface area contributed by atoms with E-state index in [4.69, 9.17) is 27.6 Å². The third-order valence-electron chi connectivity index (χ3n) is 4.83. The molecule has 0 unspecified atom stereocenters. The van der Waals surface area contributed by atoms with Gasteiger partial charge < -0.3 is 4.42 Å². The van der Waals surface area contributed by atoms with Crippen molar-refractivity contribution in [2.75, 3.05) is 4.90 Å². The molecule has 2 aromatic carbocycles. The van der Waals surface area contributed by atoms with Gasteiger partial charge in [0.05, 0.1) is 15.7 Å². The number of rotatable bonds is 4. The number of anilines is 1. The second kappa shape index (κ2) is 8.41. The predicted octanol–water partition coefficient (Wildman–Crippen LogP) is 5.48. The zero-order valence-electron chi connectivity index (χ0n) is 16.3. The molecule has 3 aromatic rings. The number of halogens is 2. The lowest BCUT2D eigenvalue weighted by atomic mass is 10.1. The van der Waals surface area contributed by atoms with E-state index < -0.39 is 17.8 Å². The number of aryl methyl sites for hydroxylation is 1. The first-order valence-electron chi connectivity index (χ1n) is 9.43. The van der Waals surface area contributed by atoms with Crippen molar-refractivity contribution in [1.82, 2.24) is 5.32 Å². The molecule has 1 N–H and O–H groups in total. The number of nitrogens with one attached hydrogen (secondary N) is 1. The lowest BCUT2D eigenvalue weighted by Gasteiger charge is -2.26. The molecule has 31 heavy (non-hydrogen) atoms. The number of amides is 4. The van der Waals surface area contributed by atoms with Crippen LogP contribution in [0.5, 0.6) is 0 Å². The first-order chi connectivity index (χ1) is 14.9. The summed E-state index contributed by atoms with van der Waals surface area (Å²) in [4.78, 5) is 38.6. The minimum Gasteiger partial charge on any atom is -0.457 e. The molecule has 0 saturated carbocycles. The summed E-state index contributed by atoms with van der Waals surface area (Å²) in [5, 5.41) is 2.90. The van der Waals surface area contributed by atoms with Gasteiger partial charge in [-0.2, -0.15) is 0 Å². The quantitative estimate of drug-likeness (QED) is 0.417. The summed E-state index contributed by atoms with van der Waals surface area (Å²) in [7, 11) is 0. The molecule has 6 nitrogen and oxygen atoms in total. The predicted molar refractivity (Wildman–Crippen MR) is 119 cm³/mol. The molecule has 0 spiro atoms. The van der Waals surface area contributed by atoms with Crippen molar-refractivity contribution in [2.24, 2.45) is 0 Å². The fourth-order valence-electron chi connectivity index (χ4n) is 3.18. The third-order valence-corrected chi connectivity index (χ3v) is 5.65. The summed E-state index contributed by atoms with van der Waals surface area (Å²) in [6.45, 7) is 2.00. The van der Waals surface area contributed by atoms with Gasteiger partial charge in [0.25, 0.3) is 11.8 Å². The number of hydrogen-bond donors (Lipinski definition) is 1. The first-order valence-corrected chi connectivity index (χ1v) is 10.2. The Bertz CT molecular complexity index is 1230. The molecule has 2 heterocycles. The van der Waals surface area contributed by atoms with Crippen molar-refractivity contribution >= 4 is 52.8 Å². The standard InChI is InChI=1S/C23H16Cl2N2O4/c1-2-13-6-8-14(9-7-13)27-22(29)17(21(28)26-23(27)30)12-15-10-11-19(31-15)16-4-3-5-18(24)20(16)25/h3-12H,2H2,1H3,(H,26,28,30)/b17-12+. The smallest absolute Gasteiger partial charge is 0.335 e. The van der Waals surface area contributed by atoms with E-state index in [1.807, 2.05) is 19.1 Å². The molecule has 0 bridgehead atoms. The van der Waals surface area contributed by atoms with Crippen molar-refractivity contribution in [3.05, 3.63) is 81.5 Å². The van der Waals surface area contributed by atoms with Gasteiger partial charge in [-0.25, -0.2) is 9.69 Å². The van der Waals surface area contributed by atoms with Crippen LogP contribution in [0.15, 0.2) is 64.6 Å². The lowest BCUT2D eigenvalue weighted by molar-refractivity contribution is -0.122. The Hall–Kier alpha value is -3.35. The summed E-state index contributed by atoms with van der Waals surface area (Å²) < 4.78 is 5.75. The molecule has 1 aromatic heterocycles. The van der Waals surface area contributed by atoms with Gasteiger partial charge in [-0.3, -0.25) is 14.9 Å². The molecule has 1 fully saturated rings. The second-order valence-electron chi connectivity index (χ2n) is 6.78. The van der Waals surface area contributed by atoms with Crippen molar-refractivity contribution in [2.45, 2.75) is 13.3 Å². The Morgan fingerprint density at radius 2 is 1.74 bits per heavy atom. The average molecular weight is 455 g/mol. The third kappa shape index (κ3) is 4.00. The van der Waals surface area contributed by atoms with Crippen molar-refractivity contribution in [3.63, 3.8) is 0 Å². The lowest BCUT2D eigenvalue weighted by Crippen LogP contribution is -2.54. The van der Waals surface area contributed by atoms with Crippen LogP contribution in [0.1, 0.15) is 18.2 Å². The number of nitrogens with zero attached hydrogens (tertiary/aromatic N) is 1. The topological polar surface area (TPSA) is 79.6 Å². The highest BCUT2D eigenvalue weighted by Crippen LogP contribution is 2.34. The number of carbonyl (C=O) groups excluding carboxylic acids is 3. The molecule has 1 saturated heterocycles. The van der Waals surface area contributed by atoms with E-state index in [1.165, 1.54) is 6.08 Å². The van der Waals surface area contributed by atoms with Gasteiger partial charge >= 0.3 is 6.03 Å². The highest BCUT2D eigenvalue weighted by atomic mass is 35.5. The zero-order valence-corrected chi connectivity index (χ0v) is 17.8. The van der Waals surface area contributed by atoms with Crippen LogP contribution in [0.25, 0.3) is 17.4 Å². The molecule has 0 radical (unpaired) electrons. The molecular weight excluding hydrogens is 439 g/mol. The van der Waals surface area contributed by atoms with Crippen molar-refractivity contribution < 1.29 is 18.8 Å². The Labute approximate surface area is 188 Å². The number of benzene rings is 2. The van der Waals surface area contributed by atoms with Crippen LogP contribution in [0.3, 0.4) is 0 Å². The van der Waals surface area contributed by atoms with E-state index in [0.717, 1.165) is 16.9 Å². The Kier molecular flexibility index (Phi) is 5.67. The van der Waals surface area contributed by atoms with Crippen LogP contribution in [-0.4, -0.2) is 17.8 Å². The van der Waals surface area contributed by atoms with Crippen LogP contribution in [0.4, 0.5) is 10.5 Å². The average Bonchev–Trinajstić information content (AvgIpc) is 3.22. The Morgan fingerprint density at radius 1 is 1.00 bits per heavy atom. The van der Waals surface area contributed by atoms with Gasteiger partial charge in [0.2, 0.25) is 0 Å². The fraction of sp³-hybridized carbons (Fsp3) is 0.0870. The number of carbonyl (C=O) groups is 3. The van der Waals surface area contributed by atoms with Crippen LogP contribution < -0.4 is 10.2 Å². The molecule has 0 aliphatic carbocycles. The summed E-state index contributed by atoms with van der Waals surface area (Å²) >= 11 is 12.3. The van der Waals surface area contributed by atoms with Gasteiger partial charge in [-0.1, -0.05) is 48.3 Å². The summed E-state index contributed by atoms with van der Waals surface area (Å²) in [6, 6.07) is 14.5. The minimum absolute atomic E-state index is 0.225.